The Hall–Kier alpha value is -0.170. The van der Waals surface area contributed by atoms with E-state index in [0.717, 1.165) is 12.8 Å². The highest BCUT2D eigenvalue weighted by Gasteiger charge is 2.49. The van der Waals surface area contributed by atoms with Crippen molar-refractivity contribution in [1.29, 1.82) is 0 Å². The summed E-state index contributed by atoms with van der Waals surface area (Å²) in [5.41, 5.74) is -0.733. The van der Waals surface area contributed by atoms with Crippen LogP contribution in [0.25, 0.3) is 0 Å². The highest BCUT2D eigenvalue weighted by atomic mass is 35.5. The maximum Gasteiger partial charge on any atom is 0.240 e. The minimum absolute atomic E-state index is 0.226. The average molecular weight is 494 g/mol. The van der Waals surface area contributed by atoms with Gasteiger partial charge in [-0.15, -0.1) is 23.4 Å². The second-order valence-corrected chi connectivity index (χ2v) is 11.2. The molecule has 3 heterocycles. The molecule has 4 rings (SSSR count). The lowest BCUT2D eigenvalue weighted by molar-refractivity contribution is -0.205. The van der Waals surface area contributed by atoms with Gasteiger partial charge in [-0.2, -0.15) is 0 Å². The summed E-state index contributed by atoms with van der Waals surface area (Å²) in [4.78, 5) is 13.3. The van der Waals surface area contributed by atoms with Gasteiger partial charge in [0.05, 0.1) is 17.5 Å². The van der Waals surface area contributed by atoms with Gasteiger partial charge in [0.15, 0.2) is 0 Å². The molecule has 0 radical (unpaired) electrons. The smallest absolute Gasteiger partial charge is 0.240 e. The van der Waals surface area contributed by atoms with Crippen molar-refractivity contribution in [2.45, 2.75) is 98.1 Å². The number of carbonyl (C=O) groups is 1. The summed E-state index contributed by atoms with van der Waals surface area (Å²) in [6.45, 7) is 3.01. The Labute approximate surface area is 198 Å². The minimum atomic E-state index is -1.39. The van der Waals surface area contributed by atoms with Gasteiger partial charge in [0.1, 0.15) is 35.9 Å². The monoisotopic (exact) mass is 493 g/mol. The van der Waals surface area contributed by atoms with Crippen LogP contribution in [0, 0.1) is 5.92 Å². The average Bonchev–Trinajstić information content (AvgIpc) is 3.53. The largest absolute Gasteiger partial charge is 0.388 e. The first-order valence-electron chi connectivity index (χ1n) is 11.6. The van der Waals surface area contributed by atoms with Crippen molar-refractivity contribution in [3.8, 4) is 0 Å². The zero-order valence-electron chi connectivity index (χ0n) is 18.5. The van der Waals surface area contributed by atoms with Gasteiger partial charge in [-0.3, -0.25) is 4.79 Å². The molecule has 3 saturated heterocycles. The van der Waals surface area contributed by atoms with Crippen LogP contribution in [0.5, 0.6) is 0 Å². The third-order valence-electron chi connectivity index (χ3n) is 7.08. The van der Waals surface area contributed by atoms with Crippen LogP contribution in [0.1, 0.15) is 32.6 Å². The van der Waals surface area contributed by atoms with Gasteiger partial charge >= 0.3 is 0 Å². The topological polar surface area (TPSA) is 132 Å². The van der Waals surface area contributed by atoms with E-state index < -0.39 is 47.3 Å². The number of amides is 1. The molecule has 32 heavy (non-hydrogen) atoms. The number of hydrogen-bond acceptors (Lipinski definition) is 9. The molecule has 0 bridgehead atoms. The molecule has 11 atom stereocenters. The number of aliphatic hydroxyl groups is 3. The molecular formula is C21H36ClN3O6S. The predicted octanol–water partition coefficient (Wildman–Crippen LogP) is -0.843. The third kappa shape index (κ3) is 5.39. The van der Waals surface area contributed by atoms with Crippen LogP contribution in [0.4, 0.5) is 0 Å². The van der Waals surface area contributed by atoms with Gasteiger partial charge in [-0.05, 0) is 38.9 Å². The highest BCUT2D eigenvalue weighted by molar-refractivity contribution is 7.99. The number of carbonyl (C=O) groups excluding carboxylic acids is 1. The maximum atomic E-state index is 13.3. The van der Waals surface area contributed by atoms with E-state index in [1.165, 1.54) is 24.6 Å². The quantitative estimate of drug-likeness (QED) is 0.251. The van der Waals surface area contributed by atoms with Crippen LogP contribution in [0.3, 0.4) is 0 Å². The fourth-order valence-electron chi connectivity index (χ4n) is 5.12. The van der Waals surface area contributed by atoms with Crippen LogP contribution in [0.2, 0.25) is 0 Å². The first-order valence-corrected chi connectivity index (χ1v) is 13.3. The van der Waals surface area contributed by atoms with Crippen molar-refractivity contribution in [2.75, 3.05) is 19.4 Å². The lowest BCUT2D eigenvalue weighted by Gasteiger charge is -2.44. The standard InChI is InChI=1S/C21H36ClN3O6S/c1-9(22)13(19-16(27)15(26)17(28)21(31-19)32-2)25-20(29)14-18-10(8-23-14)7-12(5-6-30-18)24-11-3-4-11/h9-19,21,23-24,26-28H,3-8H2,1-2H3,(H,25,29)/t9-,10-,12?,13+,14-,15?,16?,17?,18+,19?,21?/m0/s1. The molecule has 1 saturated carbocycles. The van der Waals surface area contributed by atoms with Crippen molar-refractivity contribution in [3.63, 3.8) is 0 Å². The predicted molar refractivity (Wildman–Crippen MR) is 122 cm³/mol. The van der Waals surface area contributed by atoms with Crippen molar-refractivity contribution in [2.24, 2.45) is 5.92 Å². The van der Waals surface area contributed by atoms with Gasteiger partial charge in [0.25, 0.3) is 0 Å². The molecule has 6 N–H and O–H groups in total. The summed E-state index contributed by atoms with van der Waals surface area (Å²) >= 11 is 7.61. The van der Waals surface area contributed by atoms with Crippen LogP contribution >= 0.6 is 23.4 Å². The van der Waals surface area contributed by atoms with Gasteiger partial charge in [0, 0.05) is 31.2 Å². The van der Waals surface area contributed by atoms with E-state index in [4.69, 9.17) is 21.1 Å². The van der Waals surface area contributed by atoms with E-state index in [2.05, 4.69) is 16.0 Å². The molecule has 184 valence electrons. The zero-order valence-corrected chi connectivity index (χ0v) is 20.1. The minimum Gasteiger partial charge on any atom is -0.388 e. The Morgan fingerprint density at radius 2 is 1.91 bits per heavy atom. The van der Waals surface area contributed by atoms with E-state index in [1.807, 2.05) is 0 Å². The lowest BCUT2D eigenvalue weighted by Crippen LogP contribution is -2.65. The Morgan fingerprint density at radius 3 is 2.56 bits per heavy atom. The number of rotatable bonds is 7. The number of halogens is 1. The molecule has 6 unspecified atom stereocenters. The third-order valence-corrected chi connectivity index (χ3v) is 8.21. The van der Waals surface area contributed by atoms with Gasteiger partial charge < -0.3 is 40.7 Å². The summed E-state index contributed by atoms with van der Waals surface area (Å²) in [5, 5.41) is 40.3. The molecule has 11 heteroatoms. The molecule has 0 aromatic rings. The van der Waals surface area contributed by atoms with Gasteiger partial charge in [-0.1, -0.05) is 0 Å². The molecule has 1 aliphatic carbocycles. The normalized spacial score (nSPS) is 44.4. The van der Waals surface area contributed by atoms with E-state index in [-0.39, 0.29) is 17.9 Å². The summed E-state index contributed by atoms with van der Waals surface area (Å²) in [7, 11) is 0. The van der Waals surface area contributed by atoms with Gasteiger partial charge in [0.2, 0.25) is 5.91 Å². The maximum absolute atomic E-state index is 13.3. The number of alkyl halides is 1. The molecule has 1 amide bonds. The van der Waals surface area contributed by atoms with Crippen LogP contribution in [-0.4, -0.2) is 106 Å². The zero-order chi connectivity index (χ0) is 23.0. The summed E-state index contributed by atoms with van der Waals surface area (Å²) in [6, 6.07) is -0.229. The molecule has 9 nitrogen and oxygen atoms in total. The number of thioether (sulfide) groups is 1. The first-order chi connectivity index (χ1) is 15.3. The molecule has 4 aliphatic rings. The fraction of sp³-hybridized carbons (Fsp3) is 0.952. The fourth-order valence-corrected chi connectivity index (χ4v) is 6.00. The molecule has 0 spiro atoms. The second-order valence-electron chi connectivity index (χ2n) is 9.53. The Balaban J connectivity index is 1.41. The highest BCUT2D eigenvalue weighted by Crippen LogP contribution is 2.32. The van der Waals surface area contributed by atoms with Crippen LogP contribution in [-0.2, 0) is 14.3 Å². The number of aliphatic hydroxyl groups excluding tert-OH is 3. The summed E-state index contributed by atoms with van der Waals surface area (Å²) < 4.78 is 12.0. The SMILES string of the molecule is CSC1OC([C@H](NC(=O)[C@H]2NC[C@@H]3CC(NC4CC4)CCO[C@H]32)[C@H](C)Cl)C(O)C(O)C1O. The number of hydrogen-bond donors (Lipinski definition) is 6. The second kappa shape index (κ2) is 10.6. The van der Waals surface area contributed by atoms with Gasteiger partial charge in [-0.25, -0.2) is 0 Å². The molecule has 0 aromatic carbocycles. The van der Waals surface area contributed by atoms with Crippen molar-refractivity contribution in [1.82, 2.24) is 16.0 Å². The van der Waals surface area contributed by atoms with E-state index in [0.29, 0.717) is 25.2 Å². The number of fused-ring (bicyclic) bond motifs is 1. The van der Waals surface area contributed by atoms with Crippen molar-refractivity contribution >= 4 is 29.3 Å². The number of nitrogens with one attached hydrogen (secondary N) is 3. The van der Waals surface area contributed by atoms with E-state index >= 15 is 0 Å². The number of ether oxygens (including phenoxy) is 2. The molecule has 3 aliphatic heterocycles. The van der Waals surface area contributed by atoms with Crippen molar-refractivity contribution in [3.05, 3.63) is 0 Å². The van der Waals surface area contributed by atoms with E-state index in [1.54, 1.807) is 13.2 Å². The summed E-state index contributed by atoms with van der Waals surface area (Å²) in [6.07, 6.45) is 0.947. The Morgan fingerprint density at radius 1 is 1.16 bits per heavy atom. The van der Waals surface area contributed by atoms with Crippen LogP contribution < -0.4 is 16.0 Å². The molecule has 4 fully saturated rings. The van der Waals surface area contributed by atoms with Crippen molar-refractivity contribution < 1.29 is 29.6 Å². The van der Waals surface area contributed by atoms with Crippen LogP contribution in [0.15, 0.2) is 0 Å². The van der Waals surface area contributed by atoms with E-state index in [9.17, 15) is 20.1 Å². The first kappa shape index (κ1) is 24.9. The Kier molecular flexibility index (Phi) is 8.27. The molecular weight excluding hydrogens is 458 g/mol. The molecule has 0 aromatic heterocycles. The lowest BCUT2D eigenvalue weighted by atomic mass is 9.92. The Bertz CT molecular complexity index is 657. The summed E-state index contributed by atoms with van der Waals surface area (Å²) in [5.74, 6) is -0.0218.